The van der Waals surface area contributed by atoms with Crippen molar-refractivity contribution in [3.05, 3.63) is 12.7 Å². The van der Waals surface area contributed by atoms with Crippen LogP contribution in [0.4, 0.5) is 0 Å². The number of aromatic nitrogens is 4. The van der Waals surface area contributed by atoms with Crippen LogP contribution in [0.25, 0.3) is 11.2 Å². The lowest BCUT2D eigenvalue weighted by atomic mass is 10.1. The van der Waals surface area contributed by atoms with Crippen LogP contribution in [0.5, 0.6) is 0 Å². The van der Waals surface area contributed by atoms with E-state index in [4.69, 9.17) is 0 Å². The number of imidazole rings is 1. The molecule has 0 bridgehead atoms. The summed E-state index contributed by atoms with van der Waals surface area (Å²) in [5, 5.41) is 4.50. The van der Waals surface area contributed by atoms with Gasteiger partial charge in [-0.15, -0.1) is 11.8 Å². The molecule has 2 aromatic rings. The van der Waals surface area contributed by atoms with E-state index in [0.29, 0.717) is 5.92 Å². The minimum Gasteiger partial charge on any atom is -0.341 e. The van der Waals surface area contributed by atoms with Gasteiger partial charge in [0, 0.05) is 11.3 Å². The number of hydrogen-bond donors (Lipinski definition) is 2. The van der Waals surface area contributed by atoms with Gasteiger partial charge in [-0.2, -0.15) is 0 Å². The second-order valence-electron chi connectivity index (χ2n) is 5.83. The van der Waals surface area contributed by atoms with Crippen molar-refractivity contribution in [3.63, 3.8) is 0 Å². The third-order valence-corrected chi connectivity index (χ3v) is 3.99. The average molecular weight is 279 g/mol. The number of thioether (sulfide) groups is 1. The van der Waals surface area contributed by atoms with Gasteiger partial charge in [-0.3, -0.25) is 0 Å². The number of nitrogens with one attached hydrogen (secondary N) is 2. The lowest BCUT2D eigenvalue weighted by molar-refractivity contribution is 0.395. The van der Waals surface area contributed by atoms with Gasteiger partial charge in [-0.25, -0.2) is 15.0 Å². The maximum absolute atomic E-state index is 4.32. The third kappa shape index (κ3) is 4.18. The topological polar surface area (TPSA) is 66.5 Å². The quantitative estimate of drug-likeness (QED) is 0.650. The Morgan fingerprint density at radius 3 is 2.84 bits per heavy atom. The van der Waals surface area contributed by atoms with E-state index in [9.17, 15) is 0 Å². The fourth-order valence-electron chi connectivity index (χ4n) is 1.61. The fourth-order valence-corrected chi connectivity index (χ4v) is 2.59. The summed E-state index contributed by atoms with van der Waals surface area (Å²) in [5.74, 6) is 1.60. The molecule has 2 aromatic heterocycles. The van der Waals surface area contributed by atoms with Crippen molar-refractivity contribution in [3.8, 4) is 0 Å². The van der Waals surface area contributed by atoms with Gasteiger partial charge in [0.05, 0.1) is 6.33 Å². The Kier molecular flexibility index (Phi) is 4.42. The van der Waals surface area contributed by atoms with Gasteiger partial charge >= 0.3 is 0 Å². The number of hydrogen-bond acceptors (Lipinski definition) is 5. The molecule has 19 heavy (non-hydrogen) atoms. The average Bonchev–Trinajstić information content (AvgIpc) is 2.81. The summed E-state index contributed by atoms with van der Waals surface area (Å²) in [6.45, 7) is 9.81. The largest absolute Gasteiger partial charge is 0.341 e. The molecule has 2 heterocycles. The first kappa shape index (κ1) is 14.3. The van der Waals surface area contributed by atoms with E-state index in [2.05, 4.69) is 52.9 Å². The summed E-state index contributed by atoms with van der Waals surface area (Å²) in [4.78, 5) is 15.7. The van der Waals surface area contributed by atoms with Crippen LogP contribution in [-0.2, 0) is 0 Å². The van der Waals surface area contributed by atoms with Gasteiger partial charge in [0.1, 0.15) is 16.9 Å². The van der Waals surface area contributed by atoms with E-state index in [-0.39, 0.29) is 5.54 Å². The molecule has 5 nitrogen and oxygen atoms in total. The molecule has 104 valence electrons. The van der Waals surface area contributed by atoms with Crippen LogP contribution in [0.1, 0.15) is 27.7 Å². The molecule has 0 fully saturated rings. The molecule has 0 aliphatic rings. The van der Waals surface area contributed by atoms with E-state index >= 15 is 0 Å². The van der Waals surface area contributed by atoms with Gasteiger partial charge in [0.15, 0.2) is 5.65 Å². The highest BCUT2D eigenvalue weighted by Crippen LogP contribution is 2.23. The van der Waals surface area contributed by atoms with Gasteiger partial charge in [-0.05, 0) is 33.2 Å². The molecule has 1 unspecified atom stereocenters. The number of H-pyrrole nitrogens is 1. The maximum Gasteiger partial charge on any atom is 0.181 e. The van der Waals surface area contributed by atoms with Crippen molar-refractivity contribution >= 4 is 22.9 Å². The Balaban J connectivity index is 1.90. The second-order valence-corrected chi connectivity index (χ2v) is 6.84. The first-order valence-electron chi connectivity index (χ1n) is 6.47. The first-order chi connectivity index (χ1) is 8.96. The summed E-state index contributed by atoms with van der Waals surface area (Å²) >= 11 is 1.75. The monoisotopic (exact) mass is 279 g/mol. The van der Waals surface area contributed by atoms with Crippen molar-refractivity contribution in [1.29, 1.82) is 0 Å². The summed E-state index contributed by atoms with van der Waals surface area (Å²) in [5.41, 5.74) is 1.84. The lowest BCUT2D eigenvalue weighted by Crippen LogP contribution is -2.39. The standard InChI is InChI=1S/C13H21N5S/c1-9(5-18-13(2,3)4)6-19-12-10-11(15-7-14-10)16-8-17-12/h7-9,18H,5-6H2,1-4H3,(H,14,15,16,17). The Morgan fingerprint density at radius 1 is 1.32 bits per heavy atom. The molecule has 2 N–H and O–H groups in total. The molecule has 0 spiro atoms. The molecule has 0 aromatic carbocycles. The highest BCUT2D eigenvalue weighted by molar-refractivity contribution is 7.99. The molecule has 0 saturated heterocycles. The highest BCUT2D eigenvalue weighted by Gasteiger charge is 2.13. The summed E-state index contributed by atoms with van der Waals surface area (Å²) in [7, 11) is 0. The van der Waals surface area contributed by atoms with Crippen LogP contribution < -0.4 is 5.32 Å². The summed E-state index contributed by atoms with van der Waals surface area (Å²) in [6.07, 6.45) is 3.23. The molecule has 2 rings (SSSR count). The summed E-state index contributed by atoms with van der Waals surface area (Å²) in [6, 6.07) is 0. The Labute approximate surface area is 118 Å². The molecule has 6 heteroatoms. The minimum atomic E-state index is 0.171. The Bertz CT molecular complexity index is 531. The molecule has 0 amide bonds. The lowest BCUT2D eigenvalue weighted by Gasteiger charge is -2.23. The van der Waals surface area contributed by atoms with Crippen LogP contribution in [0.15, 0.2) is 17.7 Å². The number of rotatable bonds is 5. The Hall–Kier alpha value is -1.14. The van der Waals surface area contributed by atoms with E-state index < -0.39 is 0 Å². The van der Waals surface area contributed by atoms with Crippen LogP contribution in [0.2, 0.25) is 0 Å². The second kappa shape index (κ2) is 5.88. The molecule has 0 aliphatic carbocycles. The number of nitrogens with zero attached hydrogens (tertiary/aromatic N) is 3. The van der Waals surface area contributed by atoms with Gasteiger partial charge in [0.25, 0.3) is 0 Å². The highest BCUT2D eigenvalue weighted by atomic mass is 32.2. The molecule has 0 aliphatic heterocycles. The molecular weight excluding hydrogens is 258 g/mol. The summed E-state index contributed by atoms with van der Waals surface area (Å²) < 4.78 is 0. The van der Waals surface area contributed by atoms with Crippen LogP contribution in [0, 0.1) is 5.92 Å². The molecule has 0 saturated carbocycles. The predicted octanol–water partition coefficient (Wildman–Crippen LogP) is 2.47. The molecular formula is C13H21N5S. The normalized spacial score (nSPS) is 13.9. The first-order valence-corrected chi connectivity index (χ1v) is 7.46. The van der Waals surface area contributed by atoms with Gasteiger partial charge < -0.3 is 10.3 Å². The van der Waals surface area contributed by atoms with E-state index in [1.54, 1.807) is 24.4 Å². The fraction of sp³-hybridized carbons (Fsp3) is 0.615. The zero-order valence-electron chi connectivity index (χ0n) is 11.9. The third-order valence-electron chi connectivity index (χ3n) is 2.67. The Morgan fingerprint density at radius 2 is 2.11 bits per heavy atom. The van der Waals surface area contributed by atoms with Crippen LogP contribution >= 0.6 is 11.8 Å². The van der Waals surface area contributed by atoms with Gasteiger partial charge in [0.2, 0.25) is 0 Å². The van der Waals surface area contributed by atoms with Crippen molar-refractivity contribution in [2.45, 2.75) is 38.3 Å². The maximum atomic E-state index is 4.32. The van der Waals surface area contributed by atoms with Crippen molar-refractivity contribution in [2.75, 3.05) is 12.3 Å². The number of fused-ring (bicyclic) bond motifs is 1. The van der Waals surface area contributed by atoms with E-state index in [1.807, 2.05) is 0 Å². The molecule has 0 radical (unpaired) electrons. The van der Waals surface area contributed by atoms with Gasteiger partial charge in [-0.1, -0.05) is 6.92 Å². The smallest absolute Gasteiger partial charge is 0.181 e. The van der Waals surface area contributed by atoms with Crippen LogP contribution in [-0.4, -0.2) is 37.8 Å². The van der Waals surface area contributed by atoms with Crippen LogP contribution in [0.3, 0.4) is 0 Å². The zero-order valence-corrected chi connectivity index (χ0v) is 12.7. The van der Waals surface area contributed by atoms with Crippen molar-refractivity contribution in [2.24, 2.45) is 5.92 Å². The predicted molar refractivity (Wildman–Crippen MR) is 79.3 cm³/mol. The SMILES string of the molecule is CC(CNC(C)(C)C)CSc1ncnc2nc[nH]c12. The van der Waals surface area contributed by atoms with E-state index in [1.165, 1.54) is 0 Å². The van der Waals surface area contributed by atoms with E-state index in [0.717, 1.165) is 28.5 Å². The zero-order chi connectivity index (χ0) is 13.9. The molecule has 1 atom stereocenters. The van der Waals surface area contributed by atoms with Crippen molar-refractivity contribution in [1.82, 2.24) is 25.3 Å². The number of aromatic amines is 1. The minimum absolute atomic E-state index is 0.171. The van der Waals surface area contributed by atoms with Crippen molar-refractivity contribution < 1.29 is 0 Å².